The number of aliphatic hydroxyl groups excluding tert-OH is 3. The Hall–Kier alpha value is -2.09. The molecule has 0 bridgehead atoms. The molecule has 0 aliphatic carbocycles. The van der Waals surface area contributed by atoms with Crippen LogP contribution >= 0.6 is 11.3 Å². The SMILES string of the molecule is Cc1ccc(C2OC2CC(O)C(O)CO)cc1Cc1ccc(-c2ccc(F)cc2)s1. The zero-order valence-electron chi connectivity index (χ0n) is 16.7. The second kappa shape index (κ2) is 8.96. The lowest BCUT2D eigenvalue weighted by Crippen LogP contribution is -2.30. The molecule has 30 heavy (non-hydrogen) atoms. The molecule has 6 heteroatoms. The minimum absolute atomic E-state index is 0.0944. The summed E-state index contributed by atoms with van der Waals surface area (Å²) in [7, 11) is 0. The predicted octanol–water partition coefficient (Wildman–Crippen LogP) is 4.00. The van der Waals surface area contributed by atoms with Crippen molar-refractivity contribution in [3.63, 3.8) is 0 Å². The van der Waals surface area contributed by atoms with E-state index >= 15 is 0 Å². The molecule has 1 aliphatic heterocycles. The van der Waals surface area contributed by atoms with Gasteiger partial charge in [0.1, 0.15) is 18.0 Å². The lowest BCUT2D eigenvalue weighted by molar-refractivity contribution is -0.0204. The largest absolute Gasteiger partial charge is 0.394 e. The van der Waals surface area contributed by atoms with E-state index in [1.165, 1.54) is 28.1 Å². The highest BCUT2D eigenvalue weighted by atomic mass is 32.1. The van der Waals surface area contributed by atoms with Crippen LogP contribution in [0.2, 0.25) is 0 Å². The van der Waals surface area contributed by atoms with Gasteiger partial charge in [-0.15, -0.1) is 11.3 Å². The lowest BCUT2D eigenvalue weighted by atomic mass is 9.97. The lowest BCUT2D eigenvalue weighted by Gasteiger charge is -2.13. The Morgan fingerprint density at radius 3 is 2.53 bits per heavy atom. The number of hydrogen-bond acceptors (Lipinski definition) is 5. The number of aliphatic hydroxyl groups is 3. The van der Waals surface area contributed by atoms with Gasteiger partial charge in [0.15, 0.2) is 0 Å². The third kappa shape index (κ3) is 4.79. The first kappa shape index (κ1) is 21.2. The molecule has 4 nitrogen and oxygen atoms in total. The van der Waals surface area contributed by atoms with Crippen LogP contribution in [0.15, 0.2) is 54.6 Å². The van der Waals surface area contributed by atoms with Gasteiger partial charge in [-0.1, -0.05) is 30.3 Å². The minimum Gasteiger partial charge on any atom is -0.394 e. The van der Waals surface area contributed by atoms with E-state index in [-0.39, 0.29) is 18.0 Å². The Morgan fingerprint density at radius 1 is 1.03 bits per heavy atom. The number of benzene rings is 2. The van der Waals surface area contributed by atoms with Crippen LogP contribution in [0.25, 0.3) is 10.4 Å². The highest BCUT2D eigenvalue weighted by Gasteiger charge is 2.42. The first-order chi connectivity index (χ1) is 14.4. The minimum atomic E-state index is -1.14. The van der Waals surface area contributed by atoms with Crippen LogP contribution in [0.1, 0.15) is 34.1 Å². The van der Waals surface area contributed by atoms with Crippen molar-refractivity contribution in [2.45, 2.75) is 44.2 Å². The molecule has 1 aromatic heterocycles. The van der Waals surface area contributed by atoms with Crippen LogP contribution in [0.4, 0.5) is 4.39 Å². The zero-order valence-corrected chi connectivity index (χ0v) is 17.5. The summed E-state index contributed by atoms with van der Waals surface area (Å²) >= 11 is 1.70. The van der Waals surface area contributed by atoms with Gasteiger partial charge in [-0.25, -0.2) is 4.39 Å². The molecule has 0 spiro atoms. The molecule has 1 aliphatic rings. The van der Waals surface area contributed by atoms with Gasteiger partial charge in [-0.3, -0.25) is 0 Å². The van der Waals surface area contributed by atoms with E-state index in [9.17, 15) is 14.6 Å². The molecule has 2 heterocycles. The number of aryl methyl sites for hydroxylation is 1. The van der Waals surface area contributed by atoms with E-state index in [0.29, 0.717) is 6.42 Å². The summed E-state index contributed by atoms with van der Waals surface area (Å²) < 4.78 is 18.9. The molecule has 158 valence electrons. The molecule has 4 unspecified atom stereocenters. The fourth-order valence-corrected chi connectivity index (χ4v) is 4.66. The fourth-order valence-electron chi connectivity index (χ4n) is 3.62. The Bertz CT molecular complexity index is 1000. The van der Waals surface area contributed by atoms with Crippen molar-refractivity contribution < 1.29 is 24.4 Å². The maximum Gasteiger partial charge on any atom is 0.123 e. The Balaban J connectivity index is 1.44. The molecule has 4 atom stereocenters. The van der Waals surface area contributed by atoms with E-state index < -0.39 is 18.8 Å². The standard InChI is InChI=1S/C24H25FO4S/c1-14-2-3-16(24-22(29-24)12-20(27)21(28)13-26)10-17(14)11-19-8-9-23(30-19)15-4-6-18(25)7-5-15/h2-10,20-22,24,26-28H,11-13H2,1H3. The summed E-state index contributed by atoms with van der Waals surface area (Å²) in [5.74, 6) is -0.234. The van der Waals surface area contributed by atoms with Gasteiger partial charge in [0.05, 0.1) is 18.8 Å². The highest BCUT2D eigenvalue weighted by molar-refractivity contribution is 7.15. The first-order valence-electron chi connectivity index (χ1n) is 10.0. The number of ether oxygens (including phenoxy) is 1. The quantitative estimate of drug-likeness (QED) is 0.474. The molecule has 0 amide bonds. The van der Waals surface area contributed by atoms with Crippen molar-refractivity contribution in [3.05, 3.63) is 82.0 Å². The average Bonchev–Trinajstić information content (AvgIpc) is 3.35. The van der Waals surface area contributed by atoms with Crippen molar-refractivity contribution in [2.75, 3.05) is 6.61 Å². The molecule has 1 saturated heterocycles. The maximum absolute atomic E-state index is 13.2. The summed E-state index contributed by atoms with van der Waals surface area (Å²) in [5.41, 5.74) is 4.48. The number of thiophene rings is 1. The second-order valence-corrected chi connectivity index (χ2v) is 8.95. The molecular formula is C24H25FO4S. The molecular weight excluding hydrogens is 403 g/mol. The van der Waals surface area contributed by atoms with Crippen LogP contribution in [-0.4, -0.2) is 40.2 Å². The highest BCUT2D eigenvalue weighted by Crippen LogP contribution is 2.42. The van der Waals surface area contributed by atoms with Crippen LogP contribution in [0, 0.1) is 12.7 Å². The monoisotopic (exact) mass is 428 g/mol. The van der Waals surface area contributed by atoms with Gasteiger partial charge in [0, 0.05) is 22.6 Å². The van der Waals surface area contributed by atoms with E-state index in [1.54, 1.807) is 23.5 Å². The van der Waals surface area contributed by atoms with Gasteiger partial charge in [-0.05, 0) is 53.4 Å². The zero-order chi connectivity index (χ0) is 21.3. The summed E-state index contributed by atoms with van der Waals surface area (Å²) in [6, 6.07) is 17.0. The van der Waals surface area contributed by atoms with Gasteiger partial charge < -0.3 is 20.1 Å². The number of epoxide rings is 1. The molecule has 3 N–H and O–H groups in total. The Kier molecular flexibility index (Phi) is 6.32. The Morgan fingerprint density at radius 2 is 1.80 bits per heavy atom. The van der Waals surface area contributed by atoms with E-state index in [1.807, 2.05) is 6.07 Å². The summed E-state index contributed by atoms with van der Waals surface area (Å²) in [5, 5.41) is 28.4. The Labute approximate surface area is 179 Å². The molecule has 0 saturated carbocycles. The topological polar surface area (TPSA) is 73.2 Å². The molecule has 3 aromatic rings. The number of hydrogen-bond donors (Lipinski definition) is 3. The van der Waals surface area contributed by atoms with E-state index in [0.717, 1.165) is 22.4 Å². The summed E-state index contributed by atoms with van der Waals surface area (Å²) in [6.07, 6.45) is -1.29. The molecule has 0 radical (unpaired) electrons. The van der Waals surface area contributed by atoms with Gasteiger partial charge in [-0.2, -0.15) is 0 Å². The van der Waals surface area contributed by atoms with E-state index in [4.69, 9.17) is 9.84 Å². The van der Waals surface area contributed by atoms with Crippen molar-refractivity contribution >= 4 is 11.3 Å². The van der Waals surface area contributed by atoms with Gasteiger partial charge in [0.2, 0.25) is 0 Å². The third-order valence-corrected chi connectivity index (χ3v) is 6.68. The number of rotatable bonds is 8. The van der Waals surface area contributed by atoms with Crippen molar-refractivity contribution in [1.29, 1.82) is 0 Å². The van der Waals surface area contributed by atoms with Crippen LogP contribution in [0.5, 0.6) is 0 Å². The fraction of sp³-hybridized carbons (Fsp3) is 0.333. The third-order valence-electron chi connectivity index (χ3n) is 5.54. The molecule has 2 aromatic carbocycles. The van der Waals surface area contributed by atoms with Crippen LogP contribution in [0.3, 0.4) is 0 Å². The predicted molar refractivity (Wildman–Crippen MR) is 115 cm³/mol. The molecule has 4 rings (SSSR count). The van der Waals surface area contributed by atoms with Crippen LogP contribution in [-0.2, 0) is 11.2 Å². The normalized spacial score (nSPS) is 20.2. The smallest absolute Gasteiger partial charge is 0.123 e. The van der Waals surface area contributed by atoms with Crippen molar-refractivity contribution in [3.8, 4) is 10.4 Å². The number of halogens is 1. The summed E-state index contributed by atoms with van der Waals surface area (Å²) in [6.45, 7) is 1.62. The first-order valence-corrected chi connectivity index (χ1v) is 10.8. The molecule has 1 fully saturated rings. The van der Waals surface area contributed by atoms with Gasteiger partial charge in [0.25, 0.3) is 0 Å². The van der Waals surface area contributed by atoms with Crippen molar-refractivity contribution in [1.82, 2.24) is 0 Å². The van der Waals surface area contributed by atoms with E-state index in [2.05, 4.69) is 31.2 Å². The second-order valence-electron chi connectivity index (χ2n) is 7.78. The average molecular weight is 429 g/mol. The van der Waals surface area contributed by atoms with Gasteiger partial charge >= 0.3 is 0 Å². The van der Waals surface area contributed by atoms with Crippen molar-refractivity contribution in [2.24, 2.45) is 0 Å². The maximum atomic E-state index is 13.2. The van der Waals surface area contributed by atoms with Crippen LogP contribution < -0.4 is 0 Å². The summed E-state index contributed by atoms with van der Waals surface area (Å²) in [4.78, 5) is 2.34.